The van der Waals surface area contributed by atoms with Gasteiger partial charge >= 0.3 is 0 Å². The summed E-state index contributed by atoms with van der Waals surface area (Å²) < 4.78 is 1.09. The van der Waals surface area contributed by atoms with E-state index in [1.165, 1.54) is 11.1 Å². The van der Waals surface area contributed by atoms with Gasteiger partial charge in [-0.25, -0.2) is 0 Å². The Balaban J connectivity index is 1.82. The van der Waals surface area contributed by atoms with Crippen LogP contribution in [0.2, 0.25) is 0 Å². The Morgan fingerprint density at radius 2 is 2.00 bits per heavy atom. The van der Waals surface area contributed by atoms with Crippen LogP contribution in [0, 0.1) is 0 Å². The second-order valence-corrected chi connectivity index (χ2v) is 6.23. The van der Waals surface area contributed by atoms with Crippen LogP contribution in [-0.2, 0) is 17.6 Å². The number of nitrogens with one attached hydrogen (secondary N) is 2. The van der Waals surface area contributed by atoms with Crippen LogP contribution in [0.5, 0.6) is 0 Å². The quantitative estimate of drug-likeness (QED) is 0.891. The summed E-state index contributed by atoms with van der Waals surface area (Å²) in [6.07, 6.45) is 1.40. The number of hydrogen-bond acceptors (Lipinski definition) is 2. The lowest BCUT2D eigenvalue weighted by molar-refractivity contribution is -0.115. The molecule has 0 aromatic heterocycles. The van der Waals surface area contributed by atoms with Gasteiger partial charge in [-0.15, -0.1) is 0 Å². The zero-order valence-corrected chi connectivity index (χ0v) is 13.4. The van der Waals surface area contributed by atoms with Gasteiger partial charge in [-0.2, -0.15) is 0 Å². The van der Waals surface area contributed by atoms with Gasteiger partial charge in [-0.05, 0) is 48.4 Å². The monoisotopic (exact) mass is 344 g/mol. The average molecular weight is 345 g/mol. The van der Waals surface area contributed by atoms with Crippen molar-refractivity contribution in [1.29, 1.82) is 0 Å². The smallest absolute Gasteiger partial charge is 0.228 e. The molecule has 1 heterocycles. The van der Waals surface area contributed by atoms with Gasteiger partial charge < -0.3 is 10.6 Å². The minimum Gasteiger partial charge on any atom is -0.326 e. The van der Waals surface area contributed by atoms with Crippen molar-refractivity contribution in [3.05, 3.63) is 63.6 Å². The first-order chi connectivity index (χ1) is 10.2. The van der Waals surface area contributed by atoms with Crippen LogP contribution in [0.1, 0.15) is 22.7 Å². The Hall–Kier alpha value is -1.65. The lowest BCUT2D eigenvalue weighted by Gasteiger charge is -2.18. The molecular weight excluding hydrogens is 328 g/mol. The molecule has 0 aliphatic carbocycles. The second kappa shape index (κ2) is 6.00. The van der Waals surface area contributed by atoms with Gasteiger partial charge in [0.15, 0.2) is 0 Å². The third kappa shape index (κ3) is 3.17. The number of rotatable bonds is 4. The van der Waals surface area contributed by atoms with Crippen LogP contribution in [0.4, 0.5) is 5.69 Å². The zero-order valence-electron chi connectivity index (χ0n) is 11.8. The molecule has 1 amide bonds. The third-order valence-electron chi connectivity index (χ3n) is 3.86. The van der Waals surface area contributed by atoms with Crippen LogP contribution >= 0.6 is 15.9 Å². The van der Waals surface area contributed by atoms with Gasteiger partial charge in [0.05, 0.1) is 6.42 Å². The fourth-order valence-electron chi connectivity index (χ4n) is 2.71. The standard InChI is InChI=1S/C17H17BrN2O/c1-19-16(8-11-2-5-14(18)6-3-11)12-4-7-15-13(9-12)10-17(21)20-15/h2-7,9,16,19H,8,10H2,1H3,(H,20,21). The van der Waals surface area contributed by atoms with Crippen molar-refractivity contribution in [3.8, 4) is 0 Å². The summed E-state index contributed by atoms with van der Waals surface area (Å²) in [6, 6.07) is 14.9. The van der Waals surface area contributed by atoms with Crippen molar-refractivity contribution in [3.63, 3.8) is 0 Å². The predicted octanol–water partition coefficient (Wildman–Crippen LogP) is 3.45. The molecule has 3 nitrogen and oxygen atoms in total. The van der Waals surface area contributed by atoms with Gasteiger partial charge in [0.2, 0.25) is 5.91 Å². The number of benzene rings is 2. The molecule has 108 valence electrons. The maximum absolute atomic E-state index is 11.4. The Kier molecular flexibility index (Phi) is 4.08. The number of carbonyl (C=O) groups is 1. The van der Waals surface area contributed by atoms with Crippen LogP contribution in [-0.4, -0.2) is 13.0 Å². The summed E-state index contributed by atoms with van der Waals surface area (Å²) in [5.74, 6) is 0.0797. The first-order valence-electron chi connectivity index (χ1n) is 7.00. The second-order valence-electron chi connectivity index (χ2n) is 5.31. The molecule has 3 rings (SSSR count). The van der Waals surface area contributed by atoms with E-state index in [4.69, 9.17) is 0 Å². The van der Waals surface area contributed by atoms with Crippen molar-refractivity contribution < 1.29 is 4.79 Å². The molecule has 0 saturated carbocycles. The molecule has 1 aliphatic heterocycles. The number of halogens is 1. The summed E-state index contributed by atoms with van der Waals surface area (Å²) >= 11 is 3.46. The van der Waals surface area contributed by atoms with Gasteiger partial charge in [0, 0.05) is 16.2 Å². The third-order valence-corrected chi connectivity index (χ3v) is 4.39. The topological polar surface area (TPSA) is 41.1 Å². The largest absolute Gasteiger partial charge is 0.326 e. The van der Waals surface area contributed by atoms with Crippen molar-refractivity contribution in [2.75, 3.05) is 12.4 Å². The van der Waals surface area contributed by atoms with E-state index in [-0.39, 0.29) is 11.9 Å². The highest BCUT2D eigenvalue weighted by Crippen LogP contribution is 2.28. The van der Waals surface area contributed by atoms with Crippen molar-refractivity contribution in [2.45, 2.75) is 18.9 Å². The molecule has 1 atom stereocenters. The van der Waals surface area contributed by atoms with E-state index in [1.807, 2.05) is 13.1 Å². The normalized spacial score (nSPS) is 14.7. The molecule has 2 N–H and O–H groups in total. The minimum atomic E-state index is 0.0797. The molecule has 2 aromatic carbocycles. The Bertz CT molecular complexity index is 667. The molecular formula is C17H17BrN2O. The summed E-state index contributed by atoms with van der Waals surface area (Å²) in [5.41, 5.74) is 4.54. The van der Waals surface area contributed by atoms with Crippen LogP contribution < -0.4 is 10.6 Å². The highest BCUT2D eigenvalue weighted by molar-refractivity contribution is 9.10. The summed E-state index contributed by atoms with van der Waals surface area (Å²) in [7, 11) is 1.97. The van der Waals surface area contributed by atoms with Gasteiger partial charge in [-0.3, -0.25) is 4.79 Å². The fourth-order valence-corrected chi connectivity index (χ4v) is 2.97. The summed E-state index contributed by atoms with van der Waals surface area (Å²) in [6.45, 7) is 0. The lowest BCUT2D eigenvalue weighted by Crippen LogP contribution is -2.19. The maximum Gasteiger partial charge on any atom is 0.228 e. The van der Waals surface area contributed by atoms with Crippen LogP contribution in [0.15, 0.2) is 46.9 Å². The number of likely N-dealkylation sites (N-methyl/N-ethyl adjacent to an activating group) is 1. The van der Waals surface area contributed by atoms with Gasteiger partial charge in [0.1, 0.15) is 0 Å². The molecule has 21 heavy (non-hydrogen) atoms. The average Bonchev–Trinajstić information content (AvgIpc) is 2.85. The van der Waals surface area contributed by atoms with E-state index in [0.717, 1.165) is 22.1 Å². The van der Waals surface area contributed by atoms with E-state index in [9.17, 15) is 4.79 Å². The molecule has 0 saturated heterocycles. The number of hydrogen-bond donors (Lipinski definition) is 2. The van der Waals surface area contributed by atoms with E-state index >= 15 is 0 Å². The molecule has 4 heteroatoms. The van der Waals surface area contributed by atoms with Gasteiger partial charge in [-0.1, -0.05) is 40.2 Å². The van der Waals surface area contributed by atoms with Crippen LogP contribution in [0.3, 0.4) is 0 Å². The van der Waals surface area contributed by atoms with Gasteiger partial charge in [0.25, 0.3) is 0 Å². The molecule has 0 radical (unpaired) electrons. The zero-order chi connectivity index (χ0) is 14.8. The number of amides is 1. The van der Waals surface area contributed by atoms with E-state index in [2.05, 4.69) is 63.0 Å². The van der Waals surface area contributed by atoms with E-state index in [1.54, 1.807) is 0 Å². The van der Waals surface area contributed by atoms with Crippen molar-refractivity contribution in [1.82, 2.24) is 5.32 Å². The first-order valence-corrected chi connectivity index (χ1v) is 7.79. The summed E-state index contributed by atoms with van der Waals surface area (Å²) in [4.78, 5) is 11.4. The highest BCUT2D eigenvalue weighted by atomic mass is 79.9. The Morgan fingerprint density at radius 1 is 1.24 bits per heavy atom. The predicted molar refractivity (Wildman–Crippen MR) is 88.4 cm³/mol. The van der Waals surface area contributed by atoms with Crippen molar-refractivity contribution in [2.24, 2.45) is 0 Å². The molecule has 0 bridgehead atoms. The van der Waals surface area contributed by atoms with Crippen molar-refractivity contribution >= 4 is 27.5 Å². The fraction of sp³-hybridized carbons (Fsp3) is 0.235. The highest BCUT2D eigenvalue weighted by Gasteiger charge is 2.19. The number of fused-ring (bicyclic) bond motifs is 1. The molecule has 1 aliphatic rings. The van der Waals surface area contributed by atoms with Crippen LogP contribution in [0.25, 0.3) is 0 Å². The lowest BCUT2D eigenvalue weighted by atomic mass is 9.97. The maximum atomic E-state index is 11.4. The Labute approximate surface area is 132 Å². The first kappa shape index (κ1) is 14.3. The minimum absolute atomic E-state index is 0.0797. The van der Waals surface area contributed by atoms with E-state index < -0.39 is 0 Å². The Morgan fingerprint density at radius 3 is 2.71 bits per heavy atom. The number of carbonyl (C=O) groups excluding carboxylic acids is 1. The molecule has 1 unspecified atom stereocenters. The molecule has 0 spiro atoms. The molecule has 0 fully saturated rings. The SMILES string of the molecule is CNC(Cc1ccc(Br)cc1)c1ccc2c(c1)CC(=O)N2. The summed E-state index contributed by atoms with van der Waals surface area (Å²) in [5, 5.41) is 6.24. The number of anilines is 1. The molecule has 2 aromatic rings. The van der Waals surface area contributed by atoms with E-state index in [0.29, 0.717) is 6.42 Å².